The molecule has 19 heavy (non-hydrogen) atoms. The van der Waals surface area contributed by atoms with Crippen LogP contribution in [0.15, 0.2) is 30.8 Å². The van der Waals surface area contributed by atoms with E-state index in [0.717, 1.165) is 24.0 Å². The van der Waals surface area contributed by atoms with Gasteiger partial charge in [-0.3, -0.25) is 0 Å². The summed E-state index contributed by atoms with van der Waals surface area (Å²) in [5, 5.41) is 11.4. The number of benzene rings is 1. The van der Waals surface area contributed by atoms with Gasteiger partial charge in [0.25, 0.3) is 0 Å². The summed E-state index contributed by atoms with van der Waals surface area (Å²) in [6, 6.07) is 8.28. The fourth-order valence-corrected chi connectivity index (χ4v) is 4.61. The first-order valence-corrected chi connectivity index (χ1v) is 7.30. The minimum atomic E-state index is -0.668. The van der Waals surface area contributed by atoms with Crippen LogP contribution in [0.4, 0.5) is 0 Å². The van der Waals surface area contributed by atoms with Crippen LogP contribution in [0.3, 0.4) is 0 Å². The number of hydrogen-bond donors (Lipinski definition) is 1. The van der Waals surface area contributed by atoms with Crippen molar-refractivity contribution < 1.29 is 5.11 Å². The van der Waals surface area contributed by atoms with Crippen molar-refractivity contribution >= 4 is 6.08 Å². The summed E-state index contributed by atoms with van der Waals surface area (Å²) in [4.78, 5) is 0. The van der Waals surface area contributed by atoms with Crippen molar-refractivity contribution in [2.45, 2.75) is 45.6 Å². The van der Waals surface area contributed by atoms with Crippen molar-refractivity contribution in [1.29, 1.82) is 0 Å². The van der Waals surface area contributed by atoms with E-state index in [-0.39, 0.29) is 10.8 Å². The first-order chi connectivity index (χ1) is 8.85. The molecule has 102 valence electrons. The highest BCUT2D eigenvalue weighted by molar-refractivity contribution is 5.48. The smallest absolute Gasteiger partial charge is 0.0957 e. The van der Waals surface area contributed by atoms with E-state index in [2.05, 4.69) is 51.6 Å². The van der Waals surface area contributed by atoms with Crippen LogP contribution in [-0.4, -0.2) is 5.11 Å². The zero-order valence-electron chi connectivity index (χ0n) is 12.2. The molecule has 0 amide bonds. The highest BCUT2D eigenvalue weighted by Crippen LogP contribution is 2.72. The first-order valence-electron chi connectivity index (χ1n) is 7.30. The summed E-state index contributed by atoms with van der Waals surface area (Å²) in [5.41, 5.74) is 1.73. The Bertz CT molecular complexity index is 513. The van der Waals surface area contributed by atoms with Gasteiger partial charge in [-0.2, -0.15) is 0 Å². The zero-order chi connectivity index (χ0) is 13.9. The topological polar surface area (TPSA) is 20.2 Å². The maximum absolute atomic E-state index is 11.4. The summed E-state index contributed by atoms with van der Waals surface area (Å²) in [6.45, 7) is 10.7. The van der Waals surface area contributed by atoms with Gasteiger partial charge in [-0.25, -0.2) is 0 Å². The van der Waals surface area contributed by atoms with E-state index in [1.54, 1.807) is 0 Å². The molecule has 0 heterocycles. The van der Waals surface area contributed by atoms with E-state index in [1.165, 1.54) is 6.42 Å². The Labute approximate surface area is 116 Å². The van der Waals surface area contributed by atoms with Gasteiger partial charge in [0.2, 0.25) is 0 Å². The minimum Gasteiger partial charge on any atom is -0.385 e. The predicted octanol–water partition coefficient (Wildman–Crippen LogP) is 4.36. The summed E-state index contributed by atoms with van der Waals surface area (Å²) in [6.07, 6.45) is 5.14. The number of fused-ring (bicyclic) bond motifs is 2. The molecule has 2 aliphatic carbocycles. The van der Waals surface area contributed by atoms with E-state index in [9.17, 15) is 5.11 Å². The molecule has 2 aliphatic rings. The largest absolute Gasteiger partial charge is 0.385 e. The third-order valence-electron chi connectivity index (χ3n) is 6.51. The van der Waals surface area contributed by atoms with Crippen molar-refractivity contribution in [2.24, 2.45) is 16.7 Å². The number of aliphatic hydroxyl groups is 1. The second kappa shape index (κ2) is 3.73. The van der Waals surface area contributed by atoms with E-state index in [1.807, 2.05) is 6.08 Å². The Kier molecular flexibility index (Phi) is 2.54. The molecule has 3 atom stereocenters. The molecule has 1 aromatic rings. The zero-order valence-corrected chi connectivity index (χ0v) is 12.2. The Morgan fingerprint density at radius 3 is 2.26 bits per heavy atom. The Balaban J connectivity index is 2.07. The van der Waals surface area contributed by atoms with Gasteiger partial charge >= 0.3 is 0 Å². The van der Waals surface area contributed by atoms with E-state index < -0.39 is 5.60 Å². The van der Waals surface area contributed by atoms with Crippen LogP contribution in [0.1, 0.15) is 51.2 Å². The highest BCUT2D eigenvalue weighted by atomic mass is 16.3. The van der Waals surface area contributed by atoms with Crippen molar-refractivity contribution in [2.75, 3.05) is 0 Å². The lowest BCUT2D eigenvalue weighted by Crippen LogP contribution is -2.44. The first kappa shape index (κ1) is 12.9. The van der Waals surface area contributed by atoms with Crippen LogP contribution in [0.5, 0.6) is 0 Å². The Morgan fingerprint density at radius 1 is 1.21 bits per heavy atom. The van der Waals surface area contributed by atoms with Crippen molar-refractivity contribution in [1.82, 2.24) is 0 Å². The molecule has 0 radical (unpaired) electrons. The number of hydrogen-bond acceptors (Lipinski definition) is 1. The van der Waals surface area contributed by atoms with Gasteiger partial charge in [0.1, 0.15) is 0 Å². The van der Waals surface area contributed by atoms with Gasteiger partial charge in [0.15, 0.2) is 0 Å². The van der Waals surface area contributed by atoms with Crippen LogP contribution >= 0.6 is 0 Å². The van der Waals surface area contributed by atoms with Crippen LogP contribution in [-0.2, 0) is 5.60 Å². The molecular formula is C18H24O. The van der Waals surface area contributed by atoms with Gasteiger partial charge in [-0.05, 0) is 41.7 Å². The van der Waals surface area contributed by atoms with Crippen LogP contribution in [0.2, 0.25) is 0 Å². The standard InChI is InChI=1S/C18H24O/c1-5-13-6-8-14(9-7-13)18(19)12-15-10-11-17(18,4)16(15,2)3/h5-9,15,19H,1,10-12H2,2-4H3/t15-,17-,18-/m1/s1. The van der Waals surface area contributed by atoms with Crippen LogP contribution in [0, 0.1) is 16.7 Å². The maximum atomic E-state index is 11.4. The predicted molar refractivity (Wildman–Crippen MR) is 79.7 cm³/mol. The highest BCUT2D eigenvalue weighted by Gasteiger charge is 2.68. The molecule has 2 saturated carbocycles. The van der Waals surface area contributed by atoms with Crippen molar-refractivity contribution in [3.05, 3.63) is 42.0 Å². The lowest BCUT2D eigenvalue weighted by atomic mass is 9.62. The summed E-state index contributed by atoms with van der Waals surface area (Å²) in [7, 11) is 0. The van der Waals surface area contributed by atoms with Gasteiger partial charge in [-0.1, -0.05) is 57.7 Å². The SMILES string of the molecule is C=Cc1ccc([C@]2(O)C[C@H]3CC[C@]2(C)C3(C)C)cc1. The van der Waals surface area contributed by atoms with E-state index in [4.69, 9.17) is 0 Å². The van der Waals surface area contributed by atoms with Crippen molar-refractivity contribution in [3.8, 4) is 0 Å². The summed E-state index contributed by atoms with van der Waals surface area (Å²) in [5.74, 6) is 0.640. The molecule has 0 unspecified atom stereocenters. The van der Waals surface area contributed by atoms with Gasteiger partial charge in [-0.15, -0.1) is 0 Å². The van der Waals surface area contributed by atoms with Crippen LogP contribution < -0.4 is 0 Å². The minimum absolute atomic E-state index is 0.0135. The molecule has 1 heteroatoms. The second-order valence-corrected chi connectivity index (χ2v) is 7.18. The molecule has 1 N–H and O–H groups in total. The average Bonchev–Trinajstić information content (AvgIpc) is 2.71. The normalized spacial score (nSPS) is 39.5. The molecule has 3 rings (SSSR count). The van der Waals surface area contributed by atoms with Gasteiger partial charge in [0, 0.05) is 5.41 Å². The lowest BCUT2D eigenvalue weighted by Gasteiger charge is -2.45. The molecule has 0 aliphatic heterocycles. The maximum Gasteiger partial charge on any atom is 0.0957 e. The molecule has 2 fully saturated rings. The molecule has 0 spiro atoms. The van der Waals surface area contributed by atoms with Crippen LogP contribution in [0.25, 0.3) is 6.08 Å². The quantitative estimate of drug-likeness (QED) is 0.833. The lowest BCUT2D eigenvalue weighted by molar-refractivity contribution is -0.0957. The number of rotatable bonds is 2. The van der Waals surface area contributed by atoms with E-state index in [0.29, 0.717) is 5.92 Å². The molecular weight excluding hydrogens is 232 g/mol. The Hall–Kier alpha value is -1.08. The monoisotopic (exact) mass is 256 g/mol. The molecule has 0 aromatic heterocycles. The van der Waals surface area contributed by atoms with E-state index >= 15 is 0 Å². The fourth-order valence-electron chi connectivity index (χ4n) is 4.61. The molecule has 0 saturated heterocycles. The Morgan fingerprint density at radius 2 is 1.84 bits per heavy atom. The third kappa shape index (κ3) is 1.40. The van der Waals surface area contributed by atoms with Gasteiger partial charge < -0.3 is 5.11 Å². The fraction of sp³-hybridized carbons (Fsp3) is 0.556. The second-order valence-electron chi connectivity index (χ2n) is 7.18. The van der Waals surface area contributed by atoms with Crippen molar-refractivity contribution in [3.63, 3.8) is 0 Å². The molecule has 2 bridgehead atoms. The molecule has 1 aromatic carbocycles. The third-order valence-corrected chi connectivity index (χ3v) is 6.51. The summed E-state index contributed by atoms with van der Waals surface area (Å²) < 4.78 is 0. The summed E-state index contributed by atoms with van der Waals surface area (Å²) >= 11 is 0. The molecule has 1 nitrogen and oxygen atoms in total. The average molecular weight is 256 g/mol. The van der Waals surface area contributed by atoms with Gasteiger partial charge in [0.05, 0.1) is 5.60 Å².